The molecular weight excluding hydrogens is 605 g/mol. The van der Waals surface area contributed by atoms with Gasteiger partial charge in [0.1, 0.15) is 5.82 Å². The van der Waals surface area contributed by atoms with Gasteiger partial charge >= 0.3 is 0 Å². The second kappa shape index (κ2) is 10.9. The van der Waals surface area contributed by atoms with Gasteiger partial charge < -0.3 is 0 Å². The molecule has 50 heavy (non-hydrogen) atoms. The van der Waals surface area contributed by atoms with E-state index in [-0.39, 0.29) is 35.3 Å². The van der Waals surface area contributed by atoms with Crippen molar-refractivity contribution in [3.63, 3.8) is 0 Å². The topological polar surface area (TPSA) is 17.8 Å². The molecule has 1 aromatic heterocycles. The van der Waals surface area contributed by atoms with Gasteiger partial charge in [-0.15, -0.1) is 0 Å². The quantitative estimate of drug-likeness (QED) is 0.175. The van der Waals surface area contributed by atoms with Crippen LogP contribution in [0.4, 0.5) is 0 Å². The molecule has 2 heteroatoms. The van der Waals surface area contributed by atoms with Gasteiger partial charge in [0.25, 0.3) is 0 Å². The lowest BCUT2D eigenvalue weighted by Gasteiger charge is -2.23. The highest BCUT2D eigenvalue weighted by Gasteiger charge is 2.35. The van der Waals surface area contributed by atoms with Crippen molar-refractivity contribution in [2.45, 2.75) is 19.3 Å². The molecule has 2 nitrogen and oxygen atoms in total. The van der Waals surface area contributed by atoms with Crippen LogP contribution in [0.25, 0.3) is 83.0 Å². The van der Waals surface area contributed by atoms with Crippen LogP contribution in [0.1, 0.15) is 31.8 Å². The molecule has 236 valence electrons. The lowest BCUT2D eigenvalue weighted by Crippen LogP contribution is -2.14. The van der Waals surface area contributed by atoms with Gasteiger partial charge in [-0.2, -0.15) is 0 Å². The molecule has 0 saturated heterocycles. The van der Waals surface area contributed by atoms with Crippen molar-refractivity contribution >= 4 is 32.6 Å². The third-order valence-electron chi connectivity index (χ3n) is 10.5. The molecule has 0 spiro atoms. The van der Waals surface area contributed by atoms with Crippen LogP contribution in [0.3, 0.4) is 0 Å². The van der Waals surface area contributed by atoms with Crippen molar-refractivity contribution in [1.29, 1.82) is 0 Å². The van der Waals surface area contributed by atoms with Crippen molar-refractivity contribution in [2.75, 3.05) is 0 Å². The summed E-state index contributed by atoms with van der Waals surface area (Å²) in [6.07, 6.45) is 0. The van der Waals surface area contributed by atoms with Gasteiger partial charge in [-0.3, -0.25) is 4.57 Å². The summed E-state index contributed by atoms with van der Waals surface area (Å²) in [6, 6.07) is 46.7. The zero-order valence-electron chi connectivity index (χ0n) is 32.7. The lowest BCUT2D eigenvalue weighted by molar-refractivity contribution is 0.660. The van der Waals surface area contributed by atoms with Gasteiger partial charge in [0, 0.05) is 16.7 Å². The Hall–Kier alpha value is -6.25. The number of nitrogens with zero attached hydrogens (tertiary/aromatic N) is 2. The van der Waals surface area contributed by atoms with Crippen LogP contribution >= 0.6 is 0 Å². The number of hydrogen-bond acceptors (Lipinski definition) is 1. The van der Waals surface area contributed by atoms with Crippen LogP contribution in [0, 0.1) is 0 Å². The van der Waals surface area contributed by atoms with Gasteiger partial charge in [-0.05, 0) is 96.3 Å². The van der Waals surface area contributed by atoms with Crippen molar-refractivity contribution in [3.8, 4) is 50.5 Å². The molecule has 0 saturated carbocycles. The third kappa shape index (κ3) is 4.12. The molecular formula is C48H34N2. The maximum absolute atomic E-state index is 8.97. The first-order chi connectivity index (χ1) is 26.7. The maximum Gasteiger partial charge on any atom is 0.146 e. The molecule has 8 aromatic carbocycles. The largest absolute Gasteiger partial charge is 0.292 e. The molecule has 0 bridgehead atoms. The summed E-state index contributed by atoms with van der Waals surface area (Å²) < 4.78 is 45.0. The van der Waals surface area contributed by atoms with E-state index in [9.17, 15) is 0 Å². The summed E-state index contributed by atoms with van der Waals surface area (Å²) in [5, 5.41) is 4.41. The number of fused-ring (bicyclic) bond motifs is 6. The standard InChI is InChI=1S/C48H34N2/c1-48(2)41-25-13-12-18-33(41)34-29-28-31(30-42(34)48)45-35-19-6-8-21-37(35)46(38-22-9-7-20-36(38)45)39-23-10-11-24-40(39)47-49-43-26-14-15-27-44(43)50(47)32-16-4-3-5-17-32/h3-30H,1-2H3/i3D,4D,5D,16D,17D. The number of para-hydroxylation sites is 3. The minimum absolute atomic E-state index is 0.0660. The Balaban J connectivity index is 1.27. The second-order valence-electron chi connectivity index (χ2n) is 13.6. The molecule has 0 amide bonds. The van der Waals surface area contributed by atoms with Crippen LogP contribution in [-0.2, 0) is 5.41 Å². The van der Waals surface area contributed by atoms with Crippen LogP contribution < -0.4 is 0 Å². The van der Waals surface area contributed by atoms with E-state index >= 15 is 0 Å². The molecule has 0 N–H and O–H groups in total. The maximum atomic E-state index is 8.97. The van der Waals surface area contributed by atoms with E-state index in [1.165, 1.54) is 27.8 Å². The van der Waals surface area contributed by atoms with Crippen molar-refractivity contribution in [2.24, 2.45) is 0 Å². The van der Waals surface area contributed by atoms with Gasteiger partial charge in [0.05, 0.1) is 17.9 Å². The van der Waals surface area contributed by atoms with Gasteiger partial charge in [0.2, 0.25) is 0 Å². The number of hydrogen-bond donors (Lipinski definition) is 0. The Bertz CT molecular complexity index is 3000. The first kappa shape index (κ1) is 24.0. The monoisotopic (exact) mass is 643 g/mol. The number of aromatic nitrogens is 2. The predicted octanol–water partition coefficient (Wildman–Crippen LogP) is 12.6. The average Bonchev–Trinajstić information content (AvgIpc) is 3.70. The molecule has 0 radical (unpaired) electrons. The predicted molar refractivity (Wildman–Crippen MR) is 210 cm³/mol. The third-order valence-corrected chi connectivity index (χ3v) is 10.5. The van der Waals surface area contributed by atoms with E-state index in [2.05, 4.69) is 111 Å². The SMILES string of the molecule is [2H]c1c([2H])c([2H])c(-n2c(-c3ccccc3-c3c4ccccc4c(-c4ccc5c(c4)C(C)(C)c4ccccc4-5)c4ccccc34)nc3ccccc32)c([2H])c1[2H]. The molecule has 1 heterocycles. The fourth-order valence-corrected chi connectivity index (χ4v) is 8.27. The Morgan fingerprint density at radius 1 is 0.520 bits per heavy atom. The first-order valence-electron chi connectivity index (χ1n) is 19.5. The average molecular weight is 644 g/mol. The summed E-state index contributed by atoms with van der Waals surface area (Å²) in [4.78, 5) is 5.13. The molecule has 0 aliphatic heterocycles. The molecule has 0 unspecified atom stereocenters. The van der Waals surface area contributed by atoms with E-state index in [0.717, 1.165) is 43.8 Å². The Labute approximate surface area is 299 Å². The van der Waals surface area contributed by atoms with Crippen LogP contribution in [0.2, 0.25) is 0 Å². The number of benzene rings is 8. The van der Waals surface area contributed by atoms with Crippen LogP contribution in [0.5, 0.6) is 0 Å². The van der Waals surface area contributed by atoms with Gasteiger partial charge in [-0.1, -0.05) is 153 Å². The smallest absolute Gasteiger partial charge is 0.146 e. The molecule has 0 fully saturated rings. The summed E-state index contributed by atoms with van der Waals surface area (Å²) in [5.74, 6) is 0.494. The van der Waals surface area contributed by atoms with Crippen LogP contribution in [-0.4, -0.2) is 9.55 Å². The zero-order valence-corrected chi connectivity index (χ0v) is 27.7. The number of rotatable bonds is 4. The lowest BCUT2D eigenvalue weighted by atomic mass is 9.80. The normalized spacial score (nSPS) is 14.6. The van der Waals surface area contributed by atoms with Gasteiger partial charge in [0.15, 0.2) is 0 Å². The Morgan fingerprint density at radius 2 is 1.08 bits per heavy atom. The second-order valence-corrected chi connectivity index (χ2v) is 13.6. The zero-order chi connectivity index (χ0) is 37.7. The number of imidazole rings is 1. The Morgan fingerprint density at radius 3 is 1.80 bits per heavy atom. The molecule has 1 aliphatic carbocycles. The fourth-order valence-electron chi connectivity index (χ4n) is 8.27. The van der Waals surface area contributed by atoms with Crippen molar-refractivity contribution < 1.29 is 6.85 Å². The van der Waals surface area contributed by atoms with E-state index in [0.29, 0.717) is 16.9 Å². The Kier molecular flexibility index (Phi) is 5.22. The molecule has 9 aromatic rings. The summed E-state index contributed by atoms with van der Waals surface area (Å²) in [5.41, 5.74) is 11.6. The highest BCUT2D eigenvalue weighted by atomic mass is 15.1. The van der Waals surface area contributed by atoms with Crippen molar-refractivity contribution in [3.05, 3.63) is 181 Å². The van der Waals surface area contributed by atoms with Crippen molar-refractivity contribution in [1.82, 2.24) is 9.55 Å². The summed E-state index contributed by atoms with van der Waals surface area (Å²) in [6.45, 7) is 4.63. The minimum Gasteiger partial charge on any atom is -0.292 e. The van der Waals surface area contributed by atoms with E-state index < -0.39 is 6.04 Å². The summed E-state index contributed by atoms with van der Waals surface area (Å²) in [7, 11) is 0. The molecule has 10 rings (SSSR count). The van der Waals surface area contributed by atoms with Crippen LogP contribution in [0.15, 0.2) is 170 Å². The van der Waals surface area contributed by atoms with E-state index in [1.54, 1.807) is 4.57 Å². The minimum atomic E-state index is -0.431. The summed E-state index contributed by atoms with van der Waals surface area (Å²) >= 11 is 0. The van der Waals surface area contributed by atoms with E-state index in [1.807, 2.05) is 42.5 Å². The molecule has 1 aliphatic rings. The molecule has 0 atom stereocenters. The first-order valence-corrected chi connectivity index (χ1v) is 17.0. The fraction of sp³-hybridized carbons (Fsp3) is 0.0625. The van der Waals surface area contributed by atoms with E-state index in [4.69, 9.17) is 11.8 Å². The highest BCUT2D eigenvalue weighted by molar-refractivity contribution is 6.22. The van der Waals surface area contributed by atoms with Gasteiger partial charge in [-0.25, -0.2) is 4.98 Å². The highest BCUT2D eigenvalue weighted by Crippen LogP contribution is 2.51.